The molecule has 0 spiro atoms. The van der Waals surface area contributed by atoms with E-state index >= 15 is 0 Å². The summed E-state index contributed by atoms with van der Waals surface area (Å²) in [4.78, 5) is 2.35. The Labute approximate surface area is 317 Å². The Morgan fingerprint density at radius 2 is 1.00 bits per heavy atom. The smallest absolute Gasteiger partial charge is 0.0544 e. The van der Waals surface area contributed by atoms with Gasteiger partial charge in [0.05, 0.1) is 11.0 Å². The quantitative estimate of drug-likeness (QED) is 0.161. The predicted octanol–water partition coefficient (Wildman–Crippen LogP) is 14.3. The summed E-state index contributed by atoms with van der Waals surface area (Å²) in [5.41, 5.74) is 17.3. The SMILES string of the molecule is C1=CC(c2ccc(N(c3ccc(-c4ccccc4)cc3)c3ccc(-c4ccc(-n5c6ccccc6c6c7c(ccc65)C=CCC7)cc4)cc3)cc2)=CCC1. The van der Waals surface area contributed by atoms with Crippen LogP contribution in [0.25, 0.3) is 61.4 Å². The van der Waals surface area contributed by atoms with E-state index in [0.717, 1.165) is 42.7 Å². The molecule has 1 heterocycles. The summed E-state index contributed by atoms with van der Waals surface area (Å²) in [6, 6.07) is 60.0. The van der Waals surface area contributed by atoms with Crippen LogP contribution in [0.5, 0.6) is 0 Å². The monoisotopic (exact) mass is 692 g/mol. The van der Waals surface area contributed by atoms with Gasteiger partial charge in [-0.15, -0.1) is 0 Å². The molecule has 7 aromatic carbocycles. The Kier molecular flexibility index (Phi) is 8.15. The first kappa shape index (κ1) is 32.0. The van der Waals surface area contributed by atoms with Gasteiger partial charge in [0.25, 0.3) is 0 Å². The summed E-state index contributed by atoms with van der Waals surface area (Å²) >= 11 is 0. The fraction of sp³-hybridized carbons (Fsp3) is 0.0769. The molecular weight excluding hydrogens is 653 g/mol. The van der Waals surface area contributed by atoms with Gasteiger partial charge in [-0.05, 0) is 131 Å². The van der Waals surface area contributed by atoms with Crippen molar-refractivity contribution in [3.8, 4) is 27.9 Å². The van der Waals surface area contributed by atoms with Crippen LogP contribution in [0.4, 0.5) is 17.1 Å². The Balaban J connectivity index is 0.988. The lowest BCUT2D eigenvalue weighted by atomic mass is 9.93. The number of nitrogens with zero attached hydrogens (tertiary/aromatic N) is 2. The molecule has 54 heavy (non-hydrogen) atoms. The third kappa shape index (κ3) is 5.77. The molecule has 1 aromatic heterocycles. The van der Waals surface area contributed by atoms with E-state index in [4.69, 9.17) is 0 Å². The number of hydrogen-bond acceptors (Lipinski definition) is 1. The molecule has 2 nitrogen and oxygen atoms in total. The first-order valence-electron chi connectivity index (χ1n) is 19.1. The summed E-state index contributed by atoms with van der Waals surface area (Å²) in [6.07, 6.45) is 15.8. The molecule has 2 aliphatic rings. The molecule has 0 N–H and O–H groups in total. The summed E-state index contributed by atoms with van der Waals surface area (Å²) in [5, 5.41) is 2.72. The maximum atomic E-state index is 2.43. The Hall–Kier alpha value is -6.64. The van der Waals surface area contributed by atoms with E-state index in [1.54, 1.807) is 0 Å². The maximum absolute atomic E-state index is 2.43. The van der Waals surface area contributed by atoms with Crippen molar-refractivity contribution in [1.29, 1.82) is 0 Å². The molecule has 0 bridgehead atoms. The van der Waals surface area contributed by atoms with E-state index in [1.807, 2.05) is 0 Å². The molecule has 0 amide bonds. The summed E-state index contributed by atoms with van der Waals surface area (Å²) in [6.45, 7) is 0. The number of aryl methyl sites for hydroxylation is 1. The molecule has 0 radical (unpaired) electrons. The molecule has 0 unspecified atom stereocenters. The van der Waals surface area contributed by atoms with Crippen molar-refractivity contribution in [1.82, 2.24) is 4.57 Å². The Morgan fingerprint density at radius 1 is 0.426 bits per heavy atom. The first-order chi connectivity index (χ1) is 26.8. The highest BCUT2D eigenvalue weighted by Gasteiger charge is 2.19. The lowest BCUT2D eigenvalue weighted by molar-refractivity contribution is 0.997. The highest BCUT2D eigenvalue weighted by Crippen LogP contribution is 2.40. The van der Waals surface area contributed by atoms with Gasteiger partial charge in [-0.1, -0.05) is 134 Å². The second kappa shape index (κ2) is 13.7. The molecule has 0 fully saturated rings. The molecule has 0 aliphatic heterocycles. The van der Waals surface area contributed by atoms with Crippen molar-refractivity contribution < 1.29 is 0 Å². The Bertz CT molecular complexity index is 2710. The van der Waals surface area contributed by atoms with E-state index in [1.165, 1.54) is 72.0 Å². The molecule has 258 valence electrons. The fourth-order valence-electron chi connectivity index (χ4n) is 8.41. The van der Waals surface area contributed by atoms with Gasteiger partial charge in [0, 0.05) is 33.5 Å². The second-order valence-corrected chi connectivity index (χ2v) is 14.3. The van der Waals surface area contributed by atoms with Gasteiger partial charge in [0.2, 0.25) is 0 Å². The molecule has 8 aromatic rings. The number of anilines is 3. The largest absolute Gasteiger partial charge is 0.311 e. The van der Waals surface area contributed by atoms with Gasteiger partial charge in [0.1, 0.15) is 0 Å². The minimum absolute atomic E-state index is 1.09. The third-order valence-electron chi connectivity index (χ3n) is 11.1. The zero-order chi connectivity index (χ0) is 35.8. The average molecular weight is 693 g/mol. The summed E-state index contributed by atoms with van der Waals surface area (Å²) < 4.78 is 2.43. The maximum Gasteiger partial charge on any atom is 0.0544 e. The summed E-state index contributed by atoms with van der Waals surface area (Å²) in [7, 11) is 0. The van der Waals surface area contributed by atoms with Crippen molar-refractivity contribution in [3.05, 3.63) is 205 Å². The normalized spacial score (nSPS) is 13.6. The zero-order valence-corrected chi connectivity index (χ0v) is 30.2. The number of aromatic nitrogens is 1. The number of hydrogen-bond donors (Lipinski definition) is 0. The minimum Gasteiger partial charge on any atom is -0.311 e. The van der Waals surface area contributed by atoms with Crippen LogP contribution in [0.2, 0.25) is 0 Å². The van der Waals surface area contributed by atoms with Gasteiger partial charge in [-0.2, -0.15) is 0 Å². The van der Waals surface area contributed by atoms with Gasteiger partial charge in [-0.3, -0.25) is 0 Å². The van der Waals surface area contributed by atoms with E-state index in [9.17, 15) is 0 Å². The number of fused-ring (bicyclic) bond motifs is 5. The number of allylic oxidation sites excluding steroid dienone is 5. The van der Waals surface area contributed by atoms with Crippen LogP contribution < -0.4 is 4.90 Å². The predicted molar refractivity (Wildman–Crippen MR) is 230 cm³/mol. The van der Waals surface area contributed by atoms with Gasteiger partial charge in [0.15, 0.2) is 0 Å². The molecular formula is C52H40N2. The van der Waals surface area contributed by atoms with Crippen molar-refractivity contribution in [2.45, 2.75) is 25.7 Å². The average Bonchev–Trinajstić information content (AvgIpc) is 3.60. The zero-order valence-electron chi connectivity index (χ0n) is 30.2. The van der Waals surface area contributed by atoms with Crippen molar-refractivity contribution in [2.75, 3.05) is 4.90 Å². The van der Waals surface area contributed by atoms with Crippen LogP contribution in [-0.4, -0.2) is 4.57 Å². The van der Waals surface area contributed by atoms with Crippen molar-refractivity contribution >= 4 is 50.5 Å². The lowest BCUT2D eigenvalue weighted by Crippen LogP contribution is -2.10. The standard InChI is InChI=1S/C52H40N2/c1-3-11-37(12-4-1)39-19-28-44(29-20-39)53(45-30-21-40(22-31-45)38-13-5-2-6-14-38)46-32-23-41(24-33-46)42-25-34-47(35-26-42)54-50-18-10-9-17-49(50)52-48-16-8-7-15-43(48)27-36-51(52)54/h1,3-5,7,9-15,17-36H,2,6,8,16H2. The molecule has 2 heteroatoms. The highest BCUT2D eigenvalue weighted by atomic mass is 15.1. The number of rotatable bonds is 7. The van der Waals surface area contributed by atoms with E-state index in [-0.39, 0.29) is 0 Å². The van der Waals surface area contributed by atoms with E-state index < -0.39 is 0 Å². The lowest BCUT2D eigenvalue weighted by Gasteiger charge is -2.26. The first-order valence-corrected chi connectivity index (χ1v) is 19.1. The van der Waals surface area contributed by atoms with Gasteiger partial charge in [-0.25, -0.2) is 0 Å². The van der Waals surface area contributed by atoms with Crippen LogP contribution >= 0.6 is 0 Å². The van der Waals surface area contributed by atoms with Gasteiger partial charge >= 0.3 is 0 Å². The minimum atomic E-state index is 1.09. The van der Waals surface area contributed by atoms with Crippen LogP contribution in [0.3, 0.4) is 0 Å². The van der Waals surface area contributed by atoms with E-state index in [0.29, 0.717) is 0 Å². The third-order valence-corrected chi connectivity index (χ3v) is 11.1. The number of benzene rings is 7. The Morgan fingerprint density at radius 3 is 1.65 bits per heavy atom. The van der Waals surface area contributed by atoms with Crippen LogP contribution in [0.1, 0.15) is 36.0 Å². The van der Waals surface area contributed by atoms with Crippen molar-refractivity contribution in [3.63, 3.8) is 0 Å². The number of para-hydroxylation sites is 1. The van der Waals surface area contributed by atoms with Crippen molar-refractivity contribution in [2.24, 2.45) is 0 Å². The van der Waals surface area contributed by atoms with Crippen LogP contribution in [-0.2, 0) is 6.42 Å². The van der Waals surface area contributed by atoms with Crippen LogP contribution in [0, 0.1) is 0 Å². The topological polar surface area (TPSA) is 8.17 Å². The highest BCUT2D eigenvalue weighted by molar-refractivity contribution is 6.12. The fourth-order valence-corrected chi connectivity index (χ4v) is 8.41. The van der Waals surface area contributed by atoms with Crippen LogP contribution in [0.15, 0.2) is 188 Å². The molecule has 0 atom stereocenters. The summed E-state index contributed by atoms with van der Waals surface area (Å²) in [5.74, 6) is 0. The second-order valence-electron chi connectivity index (χ2n) is 14.3. The van der Waals surface area contributed by atoms with E-state index in [2.05, 4.69) is 204 Å². The molecule has 0 saturated carbocycles. The molecule has 10 rings (SSSR count). The van der Waals surface area contributed by atoms with Gasteiger partial charge < -0.3 is 9.47 Å². The molecule has 0 saturated heterocycles. The molecule has 2 aliphatic carbocycles.